The van der Waals surface area contributed by atoms with Crippen LogP contribution < -0.4 is 10.1 Å². The number of nitrogens with one attached hydrogen (secondary N) is 1. The van der Waals surface area contributed by atoms with Crippen molar-refractivity contribution in [3.05, 3.63) is 68.8 Å². The molecular formula is C17H11BrFNO2S2. The fourth-order valence-electron chi connectivity index (χ4n) is 2.07. The van der Waals surface area contributed by atoms with E-state index in [1.165, 1.54) is 17.8 Å². The van der Waals surface area contributed by atoms with Gasteiger partial charge in [-0.25, -0.2) is 4.39 Å². The number of carbonyl (C=O) groups is 1. The minimum atomic E-state index is -0.296. The van der Waals surface area contributed by atoms with Crippen molar-refractivity contribution in [3.8, 4) is 5.75 Å². The van der Waals surface area contributed by atoms with Gasteiger partial charge in [0.15, 0.2) is 0 Å². The molecule has 1 N–H and O–H groups in total. The highest BCUT2D eigenvalue weighted by Gasteiger charge is 2.22. The number of hydrogen-bond donors (Lipinski definition) is 1. The van der Waals surface area contributed by atoms with Crippen LogP contribution in [0.2, 0.25) is 0 Å². The van der Waals surface area contributed by atoms with E-state index in [1.54, 1.807) is 30.3 Å². The van der Waals surface area contributed by atoms with Crippen molar-refractivity contribution in [1.82, 2.24) is 5.32 Å². The largest absolute Gasteiger partial charge is 0.488 e. The van der Waals surface area contributed by atoms with Gasteiger partial charge in [-0.2, -0.15) is 0 Å². The van der Waals surface area contributed by atoms with E-state index in [2.05, 4.69) is 21.2 Å². The number of carbonyl (C=O) groups excluding carboxylic acids is 1. The summed E-state index contributed by atoms with van der Waals surface area (Å²) in [4.78, 5) is 12.2. The van der Waals surface area contributed by atoms with E-state index in [1.807, 2.05) is 12.1 Å². The number of hydrogen-bond acceptors (Lipinski definition) is 4. The van der Waals surface area contributed by atoms with Crippen LogP contribution in [0.1, 0.15) is 11.1 Å². The molecule has 3 nitrogen and oxygen atoms in total. The molecular weight excluding hydrogens is 413 g/mol. The second-order valence-corrected chi connectivity index (χ2v) is 7.50. The summed E-state index contributed by atoms with van der Waals surface area (Å²) in [6, 6.07) is 11.9. The molecule has 1 fully saturated rings. The first-order valence-corrected chi connectivity index (χ1v) is 8.95. The third-order valence-electron chi connectivity index (χ3n) is 3.24. The highest BCUT2D eigenvalue weighted by molar-refractivity contribution is 9.10. The van der Waals surface area contributed by atoms with E-state index >= 15 is 0 Å². The molecule has 0 saturated carbocycles. The zero-order valence-electron chi connectivity index (χ0n) is 12.2. The van der Waals surface area contributed by atoms with Gasteiger partial charge in [0.25, 0.3) is 5.91 Å². The summed E-state index contributed by atoms with van der Waals surface area (Å²) in [6.07, 6.45) is 1.75. The number of benzene rings is 2. The average molecular weight is 424 g/mol. The average Bonchev–Trinajstić information content (AvgIpc) is 2.85. The Bertz CT molecular complexity index is 854. The minimum Gasteiger partial charge on any atom is -0.488 e. The van der Waals surface area contributed by atoms with Gasteiger partial charge in [0.05, 0.1) is 9.38 Å². The Morgan fingerprint density at radius 3 is 2.75 bits per heavy atom. The predicted molar refractivity (Wildman–Crippen MR) is 101 cm³/mol. The molecule has 0 radical (unpaired) electrons. The van der Waals surface area contributed by atoms with Crippen molar-refractivity contribution in [1.29, 1.82) is 0 Å². The van der Waals surface area contributed by atoms with Crippen molar-refractivity contribution in [2.24, 2.45) is 0 Å². The van der Waals surface area contributed by atoms with Crippen LogP contribution in [0.3, 0.4) is 0 Å². The topological polar surface area (TPSA) is 38.3 Å². The molecule has 1 aliphatic rings. The molecule has 1 aliphatic heterocycles. The maximum atomic E-state index is 13.6. The lowest BCUT2D eigenvalue weighted by Gasteiger charge is -2.09. The molecule has 1 saturated heterocycles. The lowest BCUT2D eigenvalue weighted by Crippen LogP contribution is -2.17. The van der Waals surface area contributed by atoms with Crippen LogP contribution >= 0.6 is 39.9 Å². The van der Waals surface area contributed by atoms with Gasteiger partial charge in [-0.3, -0.25) is 4.79 Å². The fourth-order valence-corrected chi connectivity index (χ4v) is 3.62. The highest BCUT2D eigenvalue weighted by atomic mass is 79.9. The van der Waals surface area contributed by atoms with Gasteiger partial charge in [-0.05, 0) is 45.8 Å². The predicted octanol–water partition coefficient (Wildman–Crippen LogP) is 4.66. The number of thiocarbonyl (C=S) groups is 1. The Kier molecular flexibility index (Phi) is 5.33. The smallest absolute Gasteiger partial charge is 0.263 e. The van der Waals surface area contributed by atoms with E-state index in [0.717, 1.165) is 10.0 Å². The molecule has 0 aliphatic carbocycles. The van der Waals surface area contributed by atoms with Crippen molar-refractivity contribution in [2.45, 2.75) is 6.61 Å². The van der Waals surface area contributed by atoms with Crippen LogP contribution in [0, 0.1) is 5.82 Å². The highest BCUT2D eigenvalue weighted by Crippen LogP contribution is 2.30. The Labute approximate surface area is 156 Å². The lowest BCUT2D eigenvalue weighted by atomic mass is 10.2. The molecule has 122 valence electrons. The van der Waals surface area contributed by atoms with Gasteiger partial charge in [-0.15, -0.1) is 0 Å². The molecule has 0 unspecified atom stereocenters. The SMILES string of the molecule is O=C1NC(=S)SC1=Cc1ccc(OCc2ccccc2F)c(Br)c1. The number of ether oxygens (including phenoxy) is 1. The van der Waals surface area contributed by atoms with Crippen LogP contribution in [0.25, 0.3) is 6.08 Å². The first-order chi connectivity index (χ1) is 11.5. The fraction of sp³-hybridized carbons (Fsp3) is 0.0588. The zero-order valence-corrected chi connectivity index (χ0v) is 15.4. The van der Waals surface area contributed by atoms with E-state index in [0.29, 0.717) is 20.5 Å². The van der Waals surface area contributed by atoms with Gasteiger partial charge in [0.2, 0.25) is 0 Å². The minimum absolute atomic E-state index is 0.137. The maximum absolute atomic E-state index is 13.6. The third-order valence-corrected chi connectivity index (χ3v) is 5.02. The van der Waals surface area contributed by atoms with Crippen LogP contribution in [-0.2, 0) is 11.4 Å². The molecule has 0 atom stereocenters. The molecule has 0 aromatic heterocycles. The summed E-state index contributed by atoms with van der Waals surface area (Å²) in [6.45, 7) is 0.137. The van der Waals surface area contributed by atoms with Crippen LogP contribution in [0.5, 0.6) is 5.75 Å². The lowest BCUT2D eigenvalue weighted by molar-refractivity contribution is -0.115. The molecule has 2 aromatic carbocycles. The number of halogens is 2. The molecule has 24 heavy (non-hydrogen) atoms. The second-order valence-electron chi connectivity index (χ2n) is 4.92. The van der Waals surface area contributed by atoms with Crippen molar-refractivity contribution in [2.75, 3.05) is 0 Å². The van der Waals surface area contributed by atoms with Crippen LogP contribution in [0.15, 0.2) is 51.8 Å². The quantitative estimate of drug-likeness (QED) is 0.573. The molecule has 1 heterocycles. The van der Waals surface area contributed by atoms with Crippen LogP contribution in [0.4, 0.5) is 4.39 Å². The molecule has 2 aromatic rings. The first kappa shape index (κ1) is 17.1. The van der Waals surface area contributed by atoms with E-state index < -0.39 is 0 Å². The summed E-state index contributed by atoms with van der Waals surface area (Å²) in [7, 11) is 0. The van der Waals surface area contributed by atoms with Gasteiger partial charge in [0, 0.05) is 5.56 Å². The standard InChI is InChI=1S/C17H11BrFNO2S2/c18-12-7-10(8-15-16(21)20-17(23)24-15)5-6-14(12)22-9-11-3-1-2-4-13(11)19/h1-8H,9H2,(H,20,21,23). The first-order valence-electron chi connectivity index (χ1n) is 6.93. The van der Waals surface area contributed by atoms with E-state index in [-0.39, 0.29) is 18.3 Å². The Hall–Kier alpha value is -1.70. The number of rotatable bonds is 4. The normalized spacial score (nSPS) is 15.7. The molecule has 1 amide bonds. The van der Waals surface area contributed by atoms with Crippen molar-refractivity contribution in [3.63, 3.8) is 0 Å². The van der Waals surface area contributed by atoms with Crippen molar-refractivity contribution < 1.29 is 13.9 Å². The Balaban J connectivity index is 1.73. The second kappa shape index (κ2) is 7.46. The van der Waals surface area contributed by atoms with Gasteiger partial charge in [0.1, 0.15) is 22.5 Å². The Morgan fingerprint density at radius 2 is 2.08 bits per heavy atom. The molecule has 3 rings (SSSR count). The summed E-state index contributed by atoms with van der Waals surface area (Å²) in [5.74, 6) is 0.107. The van der Waals surface area contributed by atoms with Gasteiger partial charge >= 0.3 is 0 Å². The number of thioether (sulfide) groups is 1. The Morgan fingerprint density at radius 1 is 1.29 bits per heavy atom. The van der Waals surface area contributed by atoms with Crippen LogP contribution in [-0.4, -0.2) is 10.2 Å². The maximum Gasteiger partial charge on any atom is 0.263 e. The van der Waals surface area contributed by atoms with E-state index in [9.17, 15) is 9.18 Å². The summed E-state index contributed by atoms with van der Waals surface area (Å²) in [5, 5.41) is 2.57. The van der Waals surface area contributed by atoms with Gasteiger partial charge in [-0.1, -0.05) is 48.2 Å². The molecule has 0 spiro atoms. The third kappa shape index (κ3) is 4.03. The summed E-state index contributed by atoms with van der Waals surface area (Å²) < 4.78 is 20.4. The number of amides is 1. The van der Waals surface area contributed by atoms with E-state index in [4.69, 9.17) is 17.0 Å². The van der Waals surface area contributed by atoms with Gasteiger partial charge < -0.3 is 10.1 Å². The monoisotopic (exact) mass is 423 g/mol. The summed E-state index contributed by atoms with van der Waals surface area (Å²) >= 11 is 9.62. The summed E-state index contributed by atoms with van der Waals surface area (Å²) in [5.41, 5.74) is 1.32. The van der Waals surface area contributed by atoms with Crippen molar-refractivity contribution >= 4 is 56.2 Å². The molecule has 7 heteroatoms. The molecule has 0 bridgehead atoms. The zero-order chi connectivity index (χ0) is 17.1.